The third-order valence-corrected chi connectivity index (χ3v) is 1.68. The van der Waals surface area contributed by atoms with E-state index in [9.17, 15) is 4.79 Å². The lowest BCUT2D eigenvalue weighted by atomic mass is 10.2. The lowest BCUT2D eigenvalue weighted by Gasteiger charge is -2.06. The van der Waals surface area contributed by atoms with E-state index >= 15 is 0 Å². The van der Waals surface area contributed by atoms with Crippen molar-refractivity contribution in [2.24, 2.45) is 11.5 Å². The summed E-state index contributed by atoms with van der Waals surface area (Å²) >= 11 is 0. The third-order valence-electron chi connectivity index (χ3n) is 1.68. The molecule has 0 saturated heterocycles. The van der Waals surface area contributed by atoms with Crippen LogP contribution in [-0.4, -0.2) is 15.9 Å². The summed E-state index contributed by atoms with van der Waals surface area (Å²) in [6, 6.07) is 0.864. The summed E-state index contributed by atoms with van der Waals surface area (Å²) in [5.74, 6) is -0.333. The number of rotatable bonds is 3. The van der Waals surface area contributed by atoms with Crippen LogP contribution in [-0.2, 0) is 11.2 Å². The summed E-state index contributed by atoms with van der Waals surface area (Å²) in [6.45, 7) is 1.96. The number of carbonyl (C=O) groups is 1. The molecule has 0 aliphatic carbocycles. The Balaban J connectivity index is 2.94. The van der Waals surface area contributed by atoms with Crippen molar-refractivity contribution in [2.45, 2.75) is 19.4 Å². The van der Waals surface area contributed by atoms with E-state index in [2.05, 4.69) is 9.97 Å². The van der Waals surface area contributed by atoms with Crippen LogP contribution in [0.3, 0.4) is 0 Å². The van der Waals surface area contributed by atoms with Crippen molar-refractivity contribution in [3.8, 4) is 0 Å². The van der Waals surface area contributed by atoms with Crippen LogP contribution in [0.2, 0.25) is 0 Å². The van der Waals surface area contributed by atoms with Crippen molar-refractivity contribution >= 4 is 5.91 Å². The van der Waals surface area contributed by atoms with Crippen molar-refractivity contribution < 1.29 is 4.79 Å². The highest BCUT2D eigenvalue weighted by atomic mass is 16.1. The van der Waals surface area contributed by atoms with Gasteiger partial charge in [0.05, 0.1) is 0 Å². The fourth-order valence-corrected chi connectivity index (χ4v) is 0.887. The van der Waals surface area contributed by atoms with Crippen molar-refractivity contribution in [1.82, 2.24) is 9.97 Å². The van der Waals surface area contributed by atoms with E-state index in [-0.39, 0.29) is 5.82 Å². The van der Waals surface area contributed by atoms with Gasteiger partial charge in [0.25, 0.3) is 0 Å². The van der Waals surface area contributed by atoms with Crippen LogP contribution in [0.15, 0.2) is 12.3 Å². The van der Waals surface area contributed by atoms with E-state index in [4.69, 9.17) is 11.5 Å². The second-order valence-corrected chi connectivity index (χ2v) is 2.64. The molecule has 1 rings (SSSR count). The van der Waals surface area contributed by atoms with Crippen LogP contribution in [0.4, 0.5) is 0 Å². The zero-order chi connectivity index (χ0) is 9.84. The predicted octanol–water partition coefficient (Wildman–Crippen LogP) is -0.476. The topological polar surface area (TPSA) is 94.9 Å². The van der Waals surface area contributed by atoms with Crippen LogP contribution in [0.5, 0.6) is 0 Å². The minimum atomic E-state index is -0.911. The molecule has 1 heterocycles. The molecule has 0 saturated carbocycles. The van der Waals surface area contributed by atoms with E-state index in [1.807, 2.05) is 6.92 Å². The van der Waals surface area contributed by atoms with E-state index in [1.165, 1.54) is 0 Å². The van der Waals surface area contributed by atoms with Crippen LogP contribution >= 0.6 is 0 Å². The average molecular weight is 180 g/mol. The summed E-state index contributed by atoms with van der Waals surface area (Å²) in [5, 5.41) is 0. The number of amides is 1. The van der Waals surface area contributed by atoms with Gasteiger partial charge in [-0.15, -0.1) is 0 Å². The molecule has 1 aromatic rings. The Morgan fingerprint density at radius 1 is 1.69 bits per heavy atom. The lowest BCUT2D eigenvalue weighted by Crippen LogP contribution is -2.30. The Labute approximate surface area is 76.2 Å². The van der Waals surface area contributed by atoms with Crippen LogP contribution in [0.25, 0.3) is 0 Å². The van der Waals surface area contributed by atoms with E-state index in [1.54, 1.807) is 12.3 Å². The van der Waals surface area contributed by atoms with Gasteiger partial charge in [0.15, 0.2) is 5.82 Å². The fraction of sp³-hybridized carbons (Fsp3) is 0.375. The number of nitrogens with two attached hydrogens (primary N) is 2. The van der Waals surface area contributed by atoms with Gasteiger partial charge in [-0.05, 0) is 12.5 Å². The molecule has 0 fully saturated rings. The van der Waals surface area contributed by atoms with Crippen LogP contribution in [0.1, 0.15) is 24.5 Å². The van der Waals surface area contributed by atoms with Crippen molar-refractivity contribution in [2.75, 3.05) is 0 Å². The lowest BCUT2D eigenvalue weighted by molar-refractivity contribution is -0.119. The fourth-order valence-electron chi connectivity index (χ4n) is 0.887. The first kappa shape index (κ1) is 9.60. The van der Waals surface area contributed by atoms with Gasteiger partial charge in [-0.3, -0.25) is 4.79 Å². The van der Waals surface area contributed by atoms with Crippen molar-refractivity contribution in [3.63, 3.8) is 0 Å². The first-order valence-corrected chi connectivity index (χ1v) is 4.02. The number of aryl methyl sites for hydroxylation is 1. The van der Waals surface area contributed by atoms with Gasteiger partial charge in [-0.2, -0.15) is 0 Å². The first-order valence-electron chi connectivity index (χ1n) is 4.02. The van der Waals surface area contributed by atoms with Crippen LogP contribution in [0, 0.1) is 0 Å². The number of hydrogen-bond donors (Lipinski definition) is 2. The van der Waals surface area contributed by atoms with Gasteiger partial charge in [0.1, 0.15) is 6.04 Å². The molecule has 1 amide bonds. The Morgan fingerprint density at radius 2 is 2.38 bits per heavy atom. The second kappa shape index (κ2) is 3.95. The average Bonchev–Trinajstić information content (AvgIpc) is 2.16. The summed E-state index contributed by atoms with van der Waals surface area (Å²) in [5.41, 5.74) is 11.3. The molecule has 13 heavy (non-hydrogen) atoms. The van der Waals surface area contributed by atoms with Crippen molar-refractivity contribution in [1.29, 1.82) is 0 Å². The standard InChI is InChI=1S/C8H12N4O/c1-2-5-3-4-11-8(12-5)6(9)7(10)13/h3-4,6H,2,9H2,1H3,(H2,10,13). The van der Waals surface area contributed by atoms with Gasteiger partial charge >= 0.3 is 0 Å². The Bertz CT molecular complexity index is 313. The monoisotopic (exact) mass is 180 g/mol. The zero-order valence-corrected chi connectivity index (χ0v) is 7.40. The smallest absolute Gasteiger partial charge is 0.242 e. The second-order valence-electron chi connectivity index (χ2n) is 2.64. The van der Waals surface area contributed by atoms with Gasteiger partial charge in [0.2, 0.25) is 5.91 Å². The van der Waals surface area contributed by atoms with Gasteiger partial charge < -0.3 is 11.5 Å². The Kier molecular flexibility index (Phi) is 2.92. The number of carbonyl (C=O) groups excluding carboxylic acids is 1. The molecule has 1 atom stereocenters. The van der Waals surface area contributed by atoms with Gasteiger partial charge in [0, 0.05) is 11.9 Å². The third kappa shape index (κ3) is 2.22. The van der Waals surface area contributed by atoms with E-state index in [0.717, 1.165) is 12.1 Å². The zero-order valence-electron chi connectivity index (χ0n) is 7.40. The first-order chi connectivity index (χ1) is 6.15. The predicted molar refractivity (Wildman–Crippen MR) is 47.5 cm³/mol. The highest BCUT2D eigenvalue weighted by molar-refractivity contribution is 5.80. The molecule has 0 bridgehead atoms. The number of nitrogens with zero attached hydrogens (tertiary/aromatic N) is 2. The molecule has 0 radical (unpaired) electrons. The highest BCUT2D eigenvalue weighted by Gasteiger charge is 2.14. The molecule has 5 nitrogen and oxygen atoms in total. The normalized spacial score (nSPS) is 12.5. The quantitative estimate of drug-likeness (QED) is 0.657. The molecule has 0 aromatic carbocycles. The maximum Gasteiger partial charge on any atom is 0.242 e. The molecule has 0 aliphatic heterocycles. The summed E-state index contributed by atoms with van der Waals surface area (Å²) < 4.78 is 0. The largest absolute Gasteiger partial charge is 0.368 e. The van der Waals surface area contributed by atoms with E-state index < -0.39 is 11.9 Å². The molecule has 1 unspecified atom stereocenters. The maximum absolute atomic E-state index is 10.7. The maximum atomic E-state index is 10.7. The minimum Gasteiger partial charge on any atom is -0.368 e. The Morgan fingerprint density at radius 3 is 2.92 bits per heavy atom. The molecule has 5 heteroatoms. The van der Waals surface area contributed by atoms with Gasteiger partial charge in [-0.1, -0.05) is 6.92 Å². The molecule has 4 N–H and O–H groups in total. The van der Waals surface area contributed by atoms with E-state index in [0.29, 0.717) is 0 Å². The number of hydrogen-bond acceptors (Lipinski definition) is 4. The number of aromatic nitrogens is 2. The number of primary amides is 1. The van der Waals surface area contributed by atoms with Crippen LogP contribution < -0.4 is 11.5 Å². The molecule has 0 spiro atoms. The summed E-state index contributed by atoms with van der Waals surface area (Å²) in [6.07, 6.45) is 2.35. The Hall–Kier alpha value is -1.49. The van der Waals surface area contributed by atoms with Gasteiger partial charge in [-0.25, -0.2) is 9.97 Å². The molecular formula is C8H12N4O. The van der Waals surface area contributed by atoms with Crippen molar-refractivity contribution in [3.05, 3.63) is 23.8 Å². The SMILES string of the molecule is CCc1ccnc(C(N)C(N)=O)n1. The highest BCUT2D eigenvalue weighted by Crippen LogP contribution is 2.03. The molecule has 0 aliphatic rings. The molecule has 1 aromatic heterocycles. The molecular weight excluding hydrogens is 168 g/mol. The minimum absolute atomic E-state index is 0.284. The summed E-state index contributed by atoms with van der Waals surface area (Å²) in [4.78, 5) is 18.7. The molecule has 70 valence electrons. The summed E-state index contributed by atoms with van der Waals surface area (Å²) in [7, 11) is 0.